The lowest BCUT2D eigenvalue weighted by Crippen LogP contribution is -2.41. The molecule has 104 valence electrons. The smallest absolute Gasteiger partial charge is 0.333 e. The molecule has 0 aromatic rings. The van der Waals surface area contributed by atoms with E-state index in [0.717, 1.165) is 44.9 Å². The minimum Gasteiger partial charge on any atom is -0.479 e. The van der Waals surface area contributed by atoms with Gasteiger partial charge in [0.1, 0.15) is 0 Å². The molecule has 0 radical (unpaired) electrons. The third-order valence-electron chi connectivity index (χ3n) is 4.01. The van der Waals surface area contributed by atoms with E-state index in [-0.39, 0.29) is 5.92 Å². The zero-order valence-corrected chi connectivity index (χ0v) is 10.7. The van der Waals surface area contributed by atoms with Gasteiger partial charge in [-0.15, -0.1) is 0 Å². The van der Waals surface area contributed by atoms with Crippen LogP contribution in [0.2, 0.25) is 0 Å². The van der Waals surface area contributed by atoms with Crippen LogP contribution in [0.15, 0.2) is 0 Å². The lowest BCUT2D eigenvalue weighted by Gasteiger charge is -2.30. The summed E-state index contributed by atoms with van der Waals surface area (Å²) in [6.45, 7) is -0.230. The van der Waals surface area contributed by atoms with E-state index in [2.05, 4.69) is 0 Å². The van der Waals surface area contributed by atoms with Crippen LogP contribution >= 0.6 is 0 Å². The van der Waals surface area contributed by atoms with Crippen LogP contribution in [0.25, 0.3) is 0 Å². The second kappa shape index (κ2) is 6.48. The van der Waals surface area contributed by atoms with Gasteiger partial charge in [-0.1, -0.05) is 19.3 Å². The van der Waals surface area contributed by atoms with Gasteiger partial charge in [-0.3, -0.25) is 4.90 Å². The molecule has 4 nitrogen and oxygen atoms in total. The maximum Gasteiger partial charge on any atom is 0.333 e. The van der Waals surface area contributed by atoms with Gasteiger partial charge in [-0.05, 0) is 31.6 Å². The molecule has 5 heteroatoms. The fourth-order valence-electron chi connectivity index (χ4n) is 2.96. The number of hydrogen-bond donors (Lipinski definition) is 1. The lowest BCUT2D eigenvalue weighted by molar-refractivity contribution is -0.199. The summed E-state index contributed by atoms with van der Waals surface area (Å²) in [5.41, 5.74) is 0. The third-order valence-corrected chi connectivity index (χ3v) is 4.01. The molecular weight excluding hydrogens is 237 g/mol. The molecule has 0 spiro atoms. The molecule has 0 amide bonds. The van der Waals surface area contributed by atoms with Gasteiger partial charge in [0.2, 0.25) is 0 Å². The van der Waals surface area contributed by atoms with Crippen LogP contribution in [0, 0.1) is 5.92 Å². The van der Waals surface area contributed by atoms with Crippen molar-refractivity contribution in [3.8, 4) is 0 Å². The van der Waals surface area contributed by atoms with Crippen molar-refractivity contribution in [1.82, 2.24) is 4.90 Å². The summed E-state index contributed by atoms with van der Waals surface area (Å²) in [4.78, 5) is 12.8. The molecule has 18 heavy (non-hydrogen) atoms. The molecule has 1 saturated carbocycles. The molecule has 1 aliphatic heterocycles. The van der Waals surface area contributed by atoms with Crippen LogP contribution in [0.3, 0.4) is 0 Å². The van der Waals surface area contributed by atoms with E-state index in [0.29, 0.717) is 13.1 Å². The monoisotopic (exact) mass is 259 g/mol. The summed E-state index contributed by atoms with van der Waals surface area (Å²) in [6.07, 6.45) is 5.81. The largest absolute Gasteiger partial charge is 0.479 e. The average Bonchev–Trinajstić information content (AvgIpc) is 2.90. The molecule has 0 aromatic carbocycles. The van der Waals surface area contributed by atoms with Crippen molar-refractivity contribution in [2.45, 2.75) is 57.5 Å². The highest BCUT2D eigenvalue weighted by molar-refractivity contribution is 5.72. The predicted molar refractivity (Wildman–Crippen MR) is 64.8 cm³/mol. The zero-order valence-electron chi connectivity index (χ0n) is 10.7. The van der Waals surface area contributed by atoms with Gasteiger partial charge in [0.05, 0.1) is 0 Å². The molecule has 2 atom stereocenters. The van der Waals surface area contributed by atoms with E-state index < -0.39 is 18.6 Å². The van der Waals surface area contributed by atoms with Gasteiger partial charge in [0.15, 0.2) is 6.10 Å². The van der Waals surface area contributed by atoms with Crippen LogP contribution in [-0.4, -0.2) is 41.7 Å². The van der Waals surface area contributed by atoms with E-state index in [1.54, 1.807) is 4.90 Å². The predicted octanol–water partition coefficient (Wildman–Crippen LogP) is 2.39. The molecule has 0 bridgehead atoms. The summed E-state index contributed by atoms with van der Waals surface area (Å²) >= 11 is 0. The number of alkyl halides is 1. The summed E-state index contributed by atoms with van der Waals surface area (Å²) in [6, 6.07) is 0. The quantitative estimate of drug-likeness (QED) is 0.770. The minimum absolute atomic E-state index is 0.0305. The van der Waals surface area contributed by atoms with Crippen molar-refractivity contribution in [3.05, 3.63) is 0 Å². The number of halogens is 1. The molecule has 1 unspecified atom stereocenters. The number of hydrogen-bond acceptors (Lipinski definition) is 3. The third kappa shape index (κ3) is 3.42. The second-order valence-electron chi connectivity index (χ2n) is 5.33. The maximum atomic E-state index is 13.9. The molecule has 1 aliphatic carbocycles. The topological polar surface area (TPSA) is 49.8 Å². The SMILES string of the molecule is O=C(O)[C@@H](OC(F)N1CCCC1)C1CCCCC1. The lowest BCUT2D eigenvalue weighted by atomic mass is 9.85. The van der Waals surface area contributed by atoms with Crippen molar-refractivity contribution in [1.29, 1.82) is 0 Å². The molecule has 2 aliphatic rings. The van der Waals surface area contributed by atoms with Gasteiger partial charge in [0, 0.05) is 13.1 Å². The number of carbonyl (C=O) groups is 1. The number of rotatable bonds is 5. The summed E-state index contributed by atoms with van der Waals surface area (Å²) in [7, 11) is 0. The first-order valence-electron chi connectivity index (χ1n) is 6.95. The number of ether oxygens (including phenoxy) is 1. The Morgan fingerprint density at radius 3 is 2.33 bits per heavy atom. The van der Waals surface area contributed by atoms with Gasteiger partial charge < -0.3 is 9.84 Å². The van der Waals surface area contributed by atoms with Gasteiger partial charge >= 0.3 is 5.97 Å². The molecule has 0 aromatic heterocycles. The van der Waals surface area contributed by atoms with Crippen LogP contribution in [0.4, 0.5) is 4.39 Å². The number of aliphatic carboxylic acids is 1. The van der Waals surface area contributed by atoms with Crippen LogP contribution < -0.4 is 0 Å². The van der Waals surface area contributed by atoms with Crippen molar-refractivity contribution < 1.29 is 19.0 Å². The van der Waals surface area contributed by atoms with Gasteiger partial charge in [-0.2, -0.15) is 4.39 Å². The summed E-state index contributed by atoms with van der Waals surface area (Å²) < 4.78 is 19.1. The normalized spacial score (nSPS) is 26.1. The Bertz CT molecular complexity index is 275. The van der Waals surface area contributed by atoms with E-state index in [1.807, 2.05) is 0 Å². The van der Waals surface area contributed by atoms with Crippen molar-refractivity contribution >= 4 is 5.97 Å². The fourth-order valence-corrected chi connectivity index (χ4v) is 2.96. The average molecular weight is 259 g/mol. The Labute approximate surface area is 107 Å². The van der Waals surface area contributed by atoms with E-state index in [1.165, 1.54) is 0 Å². The Balaban J connectivity index is 1.90. The molecule has 2 rings (SSSR count). The minimum atomic E-state index is -1.56. The number of nitrogens with zero attached hydrogens (tertiary/aromatic N) is 1. The first-order chi connectivity index (χ1) is 8.68. The molecule has 1 heterocycles. The molecule has 2 fully saturated rings. The zero-order chi connectivity index (χ0) is 13.0. The Morgan fingerprint density at radius 1 is 1.17 bits per heavy atom. The summed E-state index contributed by atoms with van der Waals surface area (Å²) in [5.74, 6) is -1.05. The number of carboxylic acids is 1. The van der Waals surface area contributed by atoms with Crippen molar-refractivity contribution in [2.24, 2.45) is 5.92 Å². The number of carboxylic acid groups (broad SMARTS) is 1. The highest BCUT2D eigenvalue weighted by Crippen LogP contribution is 2.29. The highest BCUT2D eigenvalue weighted by atomic mass is 19.1. The fraction of sp³-hybridized carbons (Fsp3) is 0.923. The second-order valence-corrected chi connectivity index (χ2v) is 5.33. The summed E-state index contributed by atoms with van der Waals surface area (Å²) in [5, 5.41) is 9.21. The highest BCUT2D eigenvalue weighted by Gasteiger charge is 2.34. The first kappa shape index (κ1) is 13.7. The van der Waals surface area contributed by atoms with Gasteiger partial charge in [-0.25, -0.2) is 4.79 Å². The van der Waals surface area contributed by atoms with Crippen molar-refractivity contribution in [2.75, 3.05) is 13.1 Å². The van der Waals surface area contributed by atoms with Crippen LogP contribution in [0.1, 0.15) is 44.9 Å². The maximum absolute atomic E-state index is 13.9. The molecular formula is C13H22FNO3. The Hall–Kier alpha value is -0.680. The van der Waals surface area contributed by atoms with E-state index in [9.17, 15) is 14.3 Å². The van der Waals surface area contributed by atoms with Crippen LogP contribution in [-0.2, 0) is 9.53 Å². The van der Waals surface area contributed by atoms with Crippen molar-refractivity contribution in [3.63, 3.8) is 0 Å². The Kier molecular flexibility index (Phi) is 4.95. The number of likely N-dealkylation sites (tertiary alicyclic amines) is 1. The van der Waals surface area contributed by atoms with E-state index >= 15 is 0 Å². The standard InChI is InChI=1S/C13H22FNO3/c14-13(15-8-4-5-9-15)18-11(12(16)17)10-6-2-1-3-7-10/h10-11,13H,1-9H2,(H,16,17)/t11-,13?/m0/s1. The molecule has 1 saturated heterocycles. The van der Waals surface area contributed by atoms with Crippen LogP contribution in [0.5, 0.6) is 0 Å². The first-order valence-corrected chi connectivity index (χ1v) is 6.95. The molecule has 1 N–H and O–H groups in total. The van der Waals surface area contributed by atoms with Gasteiger partial charge in [0.25, 0.3) is 6.48 Å². The van der Waals surface area contributed by atoms with E-state index in [4.69, 9.17) is 4.74 Å². The Morgan fingerprint density at radius 2 is 1.78 bits per heavy atom.